The number of hydrogen-bond acceptors (Lipinski definition) is 4. The van der Waals surface area contributed by atoms with Crippen molar-refractivity contribution in [2.75, 3.05) is 5.73 Å². The van der Waals surface area contributed by atoms with E-state index in [4.69, 9.17) is 10.5 Å². The molecule has 3 aromatic carbocycles. The molecule has 0 radical (unpaired) electrons. The fourth-order valence-electron chi connectivity index (χ4n) is 2.48. The molecule has 0 aliphatic rings. The zero-order valence-electron chi connectivity index (χ0n) is 15.1. The number of hydrogen-bond donors (Lipinski definition) is 3. The molecule has 29 heavy (non-hydrogen) atoms. The summed E-state index contributed by atoms with van der Waals surface area (Å²) in [7, 11) is 0. The highest BCUT2D eigenvalue weighted by Crippen LogP contribution is 2.29. The number of carboxylic acid groups (broad SMARTS) is 1. The topological polar surface area (TPSA) is 102 Å². The van der Waals surface area contributed by atoms with E-state index < -0.39 is 11.9 Å². The van der Waals surface area contributed by atoms with Gasteiger partial charge in [-0.05, 0) is 70.0 Å². The standard InChI is InChI=1S/C22H17BrN2O4/c23-18-6-1-2-7-20(18)29-17-10-8-14(9-11-17)12-19(22(27)28)25-21(26)15-4-3-5-16(24)13-15/h1-13H,24H2,(H,25,26)(H,27,28)/b19-12+. The average molecular weight is 453 g/mol. The van der Waals surface area contributed by atoms with Crippen LogP contribution in [0.1, 0.15) is 15.9 Å². The second kappa shape index (κ2) is 9.07. The Balaban J connectivity index is 1.76. The molecule has 0 spiro atoms. The Kier molecular flexibility index (Phi) is 6.31. The molecule has 0 heterocycles. The number of nitrogens with one attached hydrogen (secondary N) is 1. The first-order valence-corrected chi connectivity index (χ1v) is 9.36. The summed E-state index contributed by atoms with van der Waals surface area (Å²) in [6, 6.07) is 20.6. The number of halogens is 1. The van der Waals surface area contributed by atoms with E-state index in [9.17, 15) is 14.7 Å². The molecule has 0 aliphatic heterocycles. The third-order valence-corrected chi connectivity index (χ3v) is 4.54. The second-order valence-electron chi connectivity index (χ2n) is 6.04. The molecule has 0 aliphatic carbocycles. The summed E-state index contributed by atoms with van der Waals surface area (Å²) in [5.74, 6) is -0.554. The van der Waals surface area contributed by atoms with Crippen LogP contribution < -0.4 is 15.8 Å². The Morgan fingerprint density at radius 2 is 1.72 bits per heavy atom. The number of amides is 1. The quantitative estimate of drug-likeness (QED) is 0.372. The molecule has 146 valence electrons. The number of anilines is 1. The van der Waals surface area contributed by atoms with Crippen LogP contribution >= 0.6 is 15.9 Å². The lowest BCUT2D eigenvalue weighted by Gasteiger charge is -2.09. The smallest absolute Gasteiger partial charge is 0.352 e. The van der Waals surface area contributed by atoms with Gasteiger partial charge in [-0.15, -0.1) is 0 Å². The van der Waals surface area contributed by atoms with Crippen LogP contribution in [0.25, 0.3) is 6.08 Å². The van der Waals surface area contributed by atoms with Crippen molar-refractivity contribution < 1.29 is 19.4 Å². The van der Waals surface area contributed by atoms with E-state index in [2.05, 4.69) is 21.2 Å². The highest BCUT2D eigenvalue weighted by Gasteiger charge is 2.13. The minimum atomic E-state index is -1.25. The summed E-state index contributed by atoms with van der Waals surface area (Å²) in [5.41, 5.74) is 6.69. The average Bonchev–Trinajstić information content (AvgIpc) is 2.70. The highest BCUT2D eigenvalue weighted by atomic mass is 79.9. The lowest BCUT2D eigenvalue weighted by atomic mass is 10.1. The van der Waals surface area contributed by atoms with Crippen molar-refractivity contribution in [1.82, 2.24) is 5.32 Å². The second-order valence-corrected chi connectivity index (χ2v) is 6.90. The van der Waals surface area contributed by atoms with Gasteiger partial charge in [0.2, 0.25) is 0 Å². The van der Waals surface area contributed by atoms with Gasteiger partial charge in [0.05, 0.1) is 4.47 Å². The molecule has 0 bridgehead atoms. The number of ether oxygens (including phenoxy) is 1. The Morgan fingerprint density at radius 1 is 1.00 bits per heavy atom. The summed E-state index contributed by atoms with van der Waals surface area (Å²) in [6.45, 7) is 0. The zero-order valence-corrected chi connectivity index (χ0v) is 16.7. The van der Waals surface area contributed by atoms with Gasteiger partial charge in [0.1, 0.15) is 17.2 Å². The predicted octanol–water partition coefficient (Wildman–Crippen LogP) is 4.68. The number of carbonyl (C=O) groups is 2. The molecule has 3 aromatic rings. The van der Waals surface area contributed by atoms with Gasteiger partial charge < -0.3 is 20.9 Å². The van der Waals surface area contributed by atoms with E-state index in [-0.39, 0.29) is 11.3 Å². The third-order valence-electron chi connectivity index (χ3n) is 3.88. The summed E-state index contributed by atoms with van der Waals surface area (Å²) in [6.07, 6.45) is 1.37. The van der Waals surface area contributed by atoms with Crippen LogP contribution in [0.15, 0.2) is 83.0 Å². The zero-order chi connectivity index (χ0) is 20.8. The molecule has 0 fully saturated rings. The van der Waals surface area contributed by atoms with E-state index in [0.29, 0.717) is 22.7 Å². The third kappa shape index (κ3) is 5.46. The number of rotatable bonds is 6. The van der Waals surface area contributed by atoms with Crippen molar-refractivity contribution in [2.24, 2.45) is 0 Å². The van der Waals surface area contributed by atoms with Crippen LogP contribution in [0, 0.1) is 0 Å². The number of benzene rings is 3. The first-order chi connectivity index (χ1) is 13.9. The largest absolute Gasteiger partial charge is 0.477 e. The molecule has 0 saturated heterocycles. The van der Waals surface area contributed by atoms with Crippen molar-refractivity contribution in [3.63, 3.8) is 0 Å². The number of nitrogen functional groups attached to an aromatic ring is 1. The molecular weight excluding hydrogens is 436 g/mol. The van der Waals surface area contributed by atoms with Crippen LogP contribution in [-0.2, 0) is 4.79 Å². The van der Waals surface area contributed by atoms with E-state index in [1.54, 1.807) is 42.5 Å². The number of carbonyl (C=O) groups excluding carboxylic acids is 1. The van der Waals surface area contributed by atoms with Gasteiger partial charge in [-0.25, -0.2) is 4.79 Å². The highest BCUT2D eigenvalue weighted by molar-refractivity contribution is 9.10. The van der Waals surface area contributed by atoms with Crippen LogP contribution in [0.2, 0.25) is 0 Å². The minimum Gasteiger partial charge on any atom is -0.477 e. The fourth-order valence-corrected chi connectivity index (χ4v) is 2.84. The normalized spacial score (nSPS) is 11.0. The first-order valence-electron chi connectivity index (χ1n) is 8.57. The number of aliphatic carboxylic acids is 1. The Bertz CT molecular complexity index is 1080. The van der Waals surface area contributed by atoms with E-state index in [0.717, 1.165) is 4.47 Å². The summed E-state index contributed by atoms with van der Waals surface area (Å²) >= 11 is 3.42. The molecule has 1 amide bonds. The predicted molar refractivity (Wildman–Crippen MR) is 115 cm³/mol. The van der Waals surface area contributed by atoms with Crippen LogP contribution in [-0.4, -0.2) is 17.0 Å². The molecule has 0 saturated carbocycles. The number of nitrogens with two attached hydrogens (primary N) is 1. The molecule has 6 nitrogen and oxygen atoms in total. The number of carboxylic acids is 1. The summed E-state index contributed by atoms with van der Waals surface area (Å²) in [4.78, 5) is 23.8. The van der Waals surface area contributed by atoms with Crippen molar-refractivity contribution in [3.05, 3.63) is 94.1 Å². The lowest BCUT2D eigenvalue weighted by Crippen LogP contribution is -2.27. The molecule has 0 unspecified atom stereocenters. The van der Waals surface area contributed by atoms with Gasteiger partial charge in [-0.2, -0.15) is 0 Å². The van der Waals surface area contributed by atoms with Gasteiger partial charge in [0.15, 0.2) is 0 Å². The van der Waals surface area contributed by atoms with Gasteiger partial charge in [-0.3, -0.25) is 4.79 Å². The molecule has 3 rings (SSSR count). The molecule has 0 atom stereocenters. The van der Waals surface area contributed by atoms with Crippen LogP contribution in [0.3, 0.4) is 0 Å². The van der Waals surface area contributed by atoms with Gasteiger partial charge in [0.25, 0.3) is 5.91 Å². The monoisotopic (exact) mass is 452 g/mol. The van der Waals surface area contributed by atoms with Crippen LogP contribution in [0.5, 0.6) is 11.5 Å². The summed E-state index contributed by atoms with van der Waals surface area (Å²) in [5, 5.41) is 11.8. The molecule has 0 aromatic heterocycles. The Hall–Kier alpha value is -3.58. The van der Waals surface area contributed by atoms with E-state index in [1.165, 1.54) is 12.1 Å². The van der Waals surface area contributed by atoms with Crippen molar-refractivity contribution in [2.45, 2.75) is 0 Å². The van der Waals surface area contributed by atoms with Crippen molar-refractivity contribution in [3.8, 4) is 11.5 Å². The van der Waals surface area contributed by atoms with Crippen molar-refractivity contribution in [1.29, 1.82) is 0 Å². The molecular formula is C22H17BrN2O4. The first kappa shape index (κ1) is 20.2. The lowest BCUT2D eigenvalue weighted by molar-refractivity contribution is -0.132. The molecule has 7 heteroatoms. The number of para-hydroxylation sites is 1. The van der Waals surface area contributed by atoms with Crippen LogP contribution in [0.4, 0.5) is 5.69 Å². The van der Waals surface area contributed by atoms with Gasteiger partial charge >= 0.3 is 5.97 Å². The SMILES string of the molecule is Nc1cccc(C(=O)N/C(=C/c2ccc(Oc3ccccc3Br)cc2)C(=O)O)c1. The molecule has 4 N–H and O–H groups in total. The van der Waals surface area contributed by atoms with Gasteiger partial charge in [0, 0.05) is 11.3 Å². The maximum Gasteiger partial charge on any atom is 0.352 e. The minimum absolute atomic E-state index is 0.253. The Labute approximate surface area is 175 Å². The fraction of sp³-hybridized carbons (Fsp3) is 0. The van der Waals surface area contributed by atoms with E-state index in [1.807, 2.05) is 24.3 Å². The maximum atomic E-state index is 12.3. The van der Waals surface area contributed by atoms with Crippen molar-refractivity contribution >= 4 is 39.6 Å². The summed E-state index contributed by atoms with van der Waals surface area (Å²) < 4.78 is 6.61. The van der Waals surface area contributed by atoms with Gasteiger partial charge in [-0.1, -0.05) is 30.3 Å². The van der Waals surface area contributed by atoms with E-state index >= 15 is 0 Å². The maximum absolute atomic E-state index is 12.3. The Morgan fingerprint density at radius 3 is 2.38 bits per heavy atom.